The lowest BCUT2D eigenvalue weighted by Crippen LogP contribution is -2.43. The molecule has 0 radical (unpaired) electrons. The Balaban J connectivity index is 1.46. The molecule has 0 saturated carbocycles. The number of thioether (sulfide) groups is 1. The van der Waals surface area contributed by atoms with Crippen LogP contribution in [0.15, 0.2) is 72.8 Å². The molecule has 1 aliphatic rings. The highest BCUT2D eigenvalue weighted by atomic mass is 32.2. The van der Waals surface area contributed by atoms with Gasteiger partial charge in [0.15, 0.2) is 0 Å². The second kappa shape index (κ2) is 9.05. The summed E-state index contributed by atoms with van der Waals surface area (Å²) in [5.41, 5.74) is 1.66. The largest absolute Gasteiger partial charge is 0.497 e. The third-order valence-corrected chi connectivity index (χ3v) is 6.07. The average molecular weight is 419 g/mol. The fourth-order valence-electron chi connectivity index (χ4n) is 3.43. The maximum Gasteiger partial charge on any atom is 0.248 e. The Morgan fingerprint density at radius 3 is 2.63 bits per heavy atom. The van der Waals surface area contributed by atoms with Gasteiger partial charge in [-0.3, -0.25) is 9.59 Å². The minimum Gasteiger partial charge on any atom is -0.497 e. The quantitative estimate of drug-likeness (QED) is 0.624. The van der Waals surface area contributed by atoms with Gasteiger partial charge in [-0.25, -0.2) is 0 Å². The summed E-state index contributed by atoms with van der Waals surface area (Å²) in [4.78, 5) is 27.2. The number of benzene rings is 3. The maximum atomic E-state index is 12.8. The number of carbonyl (C=O) groups excluding carboxylic acids is 2. The lowest BCUT2D eigenvalue weighted by molar-refractivity contribution is -0.132. The smallest absolute Gasteiger partial charge is 0.248 e. The summed E-state index contributed by atoms with van der Waals surface area (Å²) < 4.78 is 5.14. The van der Waals surface area contributed by atoms with Crippen LogP contribution in [0, 0.1) is 0 Å². The summed E-state index contributed by atoms with van der Waals surface area (Å²) >= 11 is 1.58. The Morgan fingerprint density at radius 2 is 1.83 bits per heavy atom. The zero-order valence-corrected chi connectivity index (χ0v) is 17.4. The first kappa shape index (κ1) is 20.0. The van der Waals surface area contributed by atoms with Gasteiger partial charge in [0.05, 0.1) is 13.0 Å². The fourth-order valence-corrected chi connectivity index (χ4v) is 4.59. The topological polar surface area (TPSA) is 58.6 Å². The lowest BCUT2D eigenvalue weighted by Gasteiger charge is -2.21. The molecule has 0 aliphatic carbocycles. The molecule has 30 heavy (non-hydrogen) atoms. The van der Waals surface area contributed by atoms with Gasteiger partial charge in [0.1, 0.15) is 11.8 Å². The summed E-state index contributed by atoms with van der Waals surface area (Å²) in [5.74, 6) is 1.45. The molecule has 1 heterocycles. The first-order valence-corrected chi connectivity index (χ1v) is 10.8. The molecule has 1 unspecified atom stereocenters. The van der Waals surface area contributed by atoms with Crippen LogP contribution < -0.4 is 10.1 Å². The van der Waals surface area contributed by atoms with Crippen LogP contribution >= 0.6 is 11.8 Å². The third kappa shape index (κ3) is 4.33. The van der Waals surface area contributed by atoms with E-state index < -0.39 is 6.04 Å². The van der Waals surface area contributed by atoms with Crippen molar-refractivity contribution in [2.75, 3.05) is 24.1 Å². The molecule has 2 amide bonds. The van der Waals surface area contributed by atoms with Crippen molar-refractivity contribution in [3.8, 4) is 5.75 Å². The number of nitrogens with one attached hydrogen (secondary N) is 1. The molecule has 3 aromatic rings. The molecule has 1 atom stereocenters. The first-order chi connectivity index (χ1) is 14.7. The van der Waals surface area contributed by atoms with Crippen LogP contribution in [0.1, 0.15) is 5.56 Å². The molecule has 0 spiro atoms. The van der Waals surface area contributed by atoms with E-state index in [4.69, 9.17) is 4.74 Å². The maximum absolute atomic E-state index is 12.8. The number of anilines is 1. The molecule has 6 heteroatoms. The molecule has 3 aromatic carbocycles. The van der Waals surface area contributed by atoms with Gasteiger partial charge in [0.2, 0.25) is 11.8 Å². The van der Waals surface area contributed by atoms with Gasteiger partial charge in [0, 0.05) is 17.5 Å². The number of carbonyl (C=O) groups is 2. The normalized spacial score (nSPS) is 16.2. The van der Waals surface area contributed by atoms with Crippen molar-refractivity contribution in [1.82, 2.24) is 4.90 Å². The molecule has 4 rings (SSSR count). The number of amides is 2. The van der Waals surface area contributed by atoms with Crippen LogP contribution in [-0.4, -0.2) is 41.5 Å². The Bertz CT molecular complexity index is 1090. The van der Waals surface area contributed by atoms with E-state index in [9.17, 15) is 9.59 Å². The summed E-state index contributed by atoms with van der Waals surface area (Å²) in [6, 6.07) is 20.7. The lowest BCUT2D eigenvalue weighted by atomic mass is 10.0. The predicted molar refractivity (Wildman–Crippen MR) is 123 cm³/mol. The number of methoxy groups -OCH3 is 1. The average Bonchev–Trinajstić information content (AvgIpc) is 3.28. The Morgan fingerprint density at radius 1 is 1.07 bits per heavy atom. The second-order valence-corrected chi connectivity index (χ2v) is 7.94. The second-order valence-electron chi connectivity index (χ2n) is 6.94. The van der Waals surface area contributed by atoms with Gasteiger partial charge >= 0.3 is 0 Å². The van der Waals surface area contributed by atoms with Crippen LogP contribution in [0.2, 0.25) is 0 Å². The van der Waals surface area contributed by atoms with Crippen LogP contribution in [0.3, 0.4) is 0 Å². The van der Waals surface area contributed by atoms with E-state index in [1.54, 1.807) is 54.1 Å². The van der Waals surface area contributed by atoms with Crippen LogP contribution in [-0.2, 0) is 9.59 Å². The van der Waals surface area contributed by atoms with E-state index in [0.29, 0.717) is 17.3 Å². The molecular formula is C24H22N2O3S. The molecule has 1 fully saturated rings. The van der Waals surface area contributed by atoms with Gasteiger partial charge in [-0.05, 0) is 46.7 Å². The van der Waals surface area contributed by atoms with Crippen molar-refractivity contribution in [2.45, 2.75) is 6.04 Å². The molecule has 0 bridgehead atoms. The van der Waals surface area contributed by atoms with E-state index >= 15 is 0 Å². The molecule has 152 valence electrons. The predicted octanol–water partition coefficient (Wildman–Crippen LogP) is 4.40. The zero-order chi connectivity index (χ0) is 20.9. The third-order valence-electron chi connectivity index (χ3n) is 5.05. The summed E-state index contributed by atoms with van der Waals surface area (Å²) in [5, 5.41) is 5.11. The van der Waals surface area contributed by atoms with Crippen molar-refractivity contribution in [1.29, 1.82) is 0 Å². The Hall–Kier alpha value is -3.25. The summed E-state index contributed by atoms with van der Waals surface area (Å²) in [6.45, 7) is 0. The zero-order valence-electron chi connectivity index (χ0n) is 16.6. The number of rotatable bonds is 5. The number of nitrogens with zero attached hydrogens (tertiary/aromatic N) is 1. The van der Waals surface area contributed by atoms with E-state index in [1.165, 1.54) is 0 Å². The van der Waals surface area contributed by atoms with E-state index in [-0.39, 0.29) is 11.8 Å². The fraction of sp³-hybridized carbons (Fsp3) is 0.167. The SMILES string of the molecule is COc1ccc(NC(=O)C2CSCN2C(=O)/C=C/c2cccc3ccccc23)cc1. The summed E-state index contributed by atoms with van der Waals surface area (Å²) in [7, 11) is 1.60. The van der Waals surface area contributed by atoms with Crippen LogP contribution in [0.25, 0.3) is 16.8 Å². The van der Waals surface area contributed by atoms with Gasteiger partial charge < -0.3 is 15.0 Å². The Labute approximate surface area is 179 Å². The monoisotopic (exact) mass is 418 g/mol. The van der Waals surface area contributed by atoms with Crippen LogP contribution in [0.5, 0.6) is 5.75 Å². The number of hydrogen-bond donors (Lipinski definition) is 1. The van der Waals surface area contributed by atoms with Gasteiger partial charge in [0.25, 0.3) is 0 Å². The minimum absolute atomic E-state index is 0.164. The highest BCUT2D eigenvalue weighted by Gasteiger charge is 2.33. The van der Waals surface area contributed by atoms with Gasteiger partial charge in [-0.1, -0.05) is 42.5 Å². The van der Waals surface area contributed by atoms with Gasteiger partial charge in [-0.15, -0.1) is 11.8 Å². The molecule has 1 aliphatic heterocycles. The van der Waals surface area contributed by atoms with Crippen LogP contribution in [0.4, 0.5) is 5.69 Å². The van der Waals surface area contributed by atoms with E-state index in [2.05, 4.69) is 5.32 Å². The first-order valence-electron chi connectivity index (χ1n) is 9.65. The minimum atomic E-state index is -0.498. The Kier molecular flexibility index (Phi) is 6.05. The van der Waals surface area contributed by atoms with Crippen molar-refractivity contribution in [2.24, 2.45) is 0 Å². The number of hydrogen-bond acceptors (Lipinski definition) is 4. The van der Waals surface area contributed by atoms with Crippen molar-refractivity contribution in [3.63, 3.8) is 0 Å². The standard InChI is InChI=1S/C24H22N2O3S/c1-29-20-12-10-19(11-13-20)25-24(28)22-15-30-16-26(22)23(27)14-9-18-7-4-6-17-5-2-3-8-21(17)18/h2-14,22H,15-16H2,1H3,(H,25,28)/b14-9+. The highest BCUT2D eigenvalue weighted by molar-refractivity contribution is 7.99. The van der Waals surface area contributed by atoms with E-state index in [0.717, 1.165) is 22.1 Å². The van der Waals surface area contributed by atoms with Gasteiger partial charge in [-0.2, -0.15) is 0 Å². The molecule has 5 nitrogen and oxygen atoms in total. The molecular weight excluding hydrogens is 396 g/mol. The summed E-state index contributed by atoms with van der Waals surface area (Å²) in [6.07, 6.45) is 3.38. The number of ether oxygens (including phenoxy) is 1. The molecule has 1 N–H and O–H groups in total. The van der Waals surface area contributed by atoms with Crippen molar-refractivity contribution < 1.29 is 14.3 Å². The molecule has 0 aromatic heterocycles. The molecule has 1 saturated heterocycles. The number of fused-ring (bicyclic) bond motifs is 1. The van der Waals surface area contributed by atoms with E-state index in [1.807, 2.05) is 48.5 Å². The van der Waals surface area contributed by atoms with Crippen molar-refractivity contribution in [3.05, 3.63) is 78.4 Å². The highest BCUT2D eigenvalue weighted by Crippen LogP contribution is 2.24. The van der Waals surface area contributed by atoms with Crippen molar-refractivity contribution >= 4 is 46.1 Å².